The third-order valence-electron chi connectivity index (χ3n) is 4.53. The normalized spacial score (nSPS) is 11.1. The zero-order valence-electron chi connectivity index (χ0n) is 14.9. The Kier molecular flexibility index (Phi) is 5.49. The van der Waals surface area contributed by atoms with E-state index in [0.29, 0.717) is 39.9 Å². The molecule has 28 heavy (non-hydrogen) atoms. The lowest BCUT2D eigenvalue weighted by molar-refractivity contribution is 0.619. The Labute approximate surface area is 172 Å². The summed E-state index contributed by atoms with van der Waals surface area (Å²) in [4.78, 5) is 12.3. The number of hydrogen-bond donors (Lipinski definition) is 1. The molecule has 0 saturated carbocycles. The maximum atomic E-state index is 12.3. The van der Waals surface area contributed by atoms with Crippen molar-refractivity contribution in [2.75, 3.05) is 0 Å². The minimum Gasteiger partial charge on any atom is -0.456 e. The van der Waals surface area contributed by atoms with Gasteiger partial charge in [-0.25, -0.2) is 0 Å². The van der Waals surface area contributed by atoms with Crippen LogP contribution in [-0.4, -0.2) is 0 Å². The van der Waals surface area contributed by atoms with E-state index >= 15 is 0 Å². The molecule has 1 heterocycles. The van der Waals surface area contributed by atoms with E-state index in [1.807, 2.05) is 48.5 Å². The standard InChI is InChI=1S/C23H17Cl2NO2/c24-18-10-9-17(20(25)11-18)14-26-13-15-5-7-16(8-6-15)23-12-21(27)19-3-1-2-4-22(19)28-23/h1-12,26H,13-14H2. The molecule has 0 aliphatic heterocycles. The number of rotatable bonds is 5. The van der Waals surface area contributed by atoms with Crippen LogP contribution in [0.15, 0.2) is 82.0 Å². The maximum absolute atomic E-state index is 12.3. The molecule has 0 atom stereocenters. The van der Waals surface area contributed by atoms with E-state index in [1.54, 1.807) is 18.2 Å². The van der Waals surface area contributed by atoms with Gasteiger partial charge < -0.3 is 9.73 Å². The van der Waals surface area contributed by atoms with E-state index < -0.39 is 0 Å². The summed E-state index contributed by atoms with van der Waals surface area (Å²) in [5.74, 6) is 0.566. The fourth-order valence-electron chi connectivity index (χ4n) is 3.04. The molecule has 3 aromatic carbocycles. The highest BCUT2D eigenvalue weighted by Crippen LogP contribution is 2.23. The van der Waals surface area contributed by atoms with Gasteiger partial charge in [-0.05, 0) is 35.4 Å². The average Bonchev–Trinajstić information content (AvgIpc) is 2.70. The van der Waals surface area contributed by atoms with Gasteiger partial charge in [-0.2, -0.15) is 0 Å². The molecule has 5 heteroatoms. The Balaban J connectivity index is 1.46. The molecule has 0 aliphatic carbocycles. The van der Waals surface area contributed by atoms with Gasteiger partial charge in [-0.15, -0.1) is 0 Å². The number of para-hydroxylation sites is 1. The molecule has 0 radical (unpaired) electrons. The van der Waals surface area contributed by atoms with E-state index in [-0.39, 0.29) is 5.43 Å². The summed E-state index contributed by atoms with van der Waals surface area (Å²) < 4.78 is 5.89. The molecule has 4 aromatic rings. The van der Waals surface area contributed by atoms with Gasteiger partial charge in [0.25, 0.3) is 0 Å². The topological polar surface area (TPSA) is 42.2 Å². The summed E-state index contributed by atoms with van der Waals surface area (Å²) in [5, 5.41) is 5.24. The molecule has 1 N–H and O–H groups in total. The van der Waals surface area contributed by atoms with Crippen LogP contribution in [-0.2, 0) is 13.1 Å². The van der Waals surface area contributed by atoms with Crippen LogP contribution in [0, 0.1) is 0 Å². The summed E-state index contributed by atoms with van der Waals surface area (Å²) in [6, 6.07) is 22.2. The third-order valence-corrected chi connectivity index (χ3v) is 5.12. The van der Waals surface area contributed by atoms with E-state index in [1.165, 1.54) is 6.07 Å². The zero-order valence-corrected chi connectivity index (χ0v) is 16.4. The molecule has 0 aliphatic rings. The summed E-state index contributed by atoms with van der Waals surface area (Å²) in [6.07, 6.45) is 0. The highest BCUT2D eigenvalue weighted by molar-refractivity contribution is 6.35. The van der Waals surface area contributed by atoms with Crippen molar-refractivity contribution in [1.82, 2.24) is 5.32 Å². The van der Waals surface area contributed by atoms with E-state index in [2.05, 4.69) is 5.32 Å². The van der Waals surface area contributed by atoms with Gasteiger partial charge in [0.2, 0.25) is 0 Å². The van der Waals surface area contributed by atoms with Crippen LogP contribution >= 0.6 is 23.2 Å². The van der Waals surface area contributed by atoms with Gasteiger partial charge in [0, 0.05) is 34.8 Å². The first-order chi connectivity index (χ1) is 13.6. The van der Waals surface area contributed by atoms with Crippen molar-refractivity contribution in [1.29, 1.82) is 0 Å². The second-order valence-corrected chi connectivity index (χ2v) is 7.35. The van der Waals surface area contributed by atoms with Crippen LogP contribution < -0.4 is 10.7 Å². The van der Waals surface area contributed by atoms with E-state index in [0.717, 1.165) is 16.7 Å². The zero-order chi connectivity index (χ0) is 19.5. The fraction of sp³-hybridized carbons (Fsp3) is 0.0870. The van der Waals surface area contributed by atoms with Crippen molar-refractivity contribution in [2.45, 2.75) is 13.1 Å². The van der Waals surface area contributed by atoms with Crippen LogP contribution in [0.3, 0.4) is 0 Å². The smallest absolute Gasteiger partial charge is 0.193 e. The van der Waals surface area contributed by atoms with Crippen molar-refractivity contribution < 1.29 is 4.42 Å². The monoisotopic (exact) mass is 409 g/mol. The molecular weight excluding hydrogens is 393 g/mol. The molecule has 1 aromatic heterocycles. The molecule has 3 nitrogen and oxygen atoms in total. The van der Waals surface area contributed by atoms with Crippen LogP contribution in [0.2, 0.25) is 10.0 Å². The quantitative estimate of drug-likeness (QED) is 0.435. The summed E-state index contributed by atoms with van der Waals surface area (Å²) in [5.41, 5.74) is 3.54. The Morgan fingerprint density at radius 3 is 2.43 bits per heavy atom. The average molecular weight is 410 g/mol. The predicted molar refractivity (Wildman–Crippen MR) is 115 cm³/mol. The second-order valence-electron chi connectivity index (χ2n) is 6.51. The van der Waals surface area contributed by atoms with Gasteiger partial charge in [0.05, 0.1) is 5.39 Å². The first-order valence-corrected chi connectivity index (χ1v) is 9.62. The Morgan fingerprint density at radius 2 is 1.64 bits per heavy atom. The van der Waals surface area contributed by atoms with Crippen LogP contribution in [0.5, 0.6) is 0 Å². The third kappa shape index (κ3) is 4.12. The Bertz CT molecular complexity index is 1180. The van der Waals surface area contributed by atoms with Gasteiger partial charge in [0.1, 0.15) is 11.3 Å². The summed E-state index contributed by atoms with van der Waals surface area (Å²) >= 11 is 12.1. The van der Waals surface area contributed by atoms with Crippen molar-refractivity contribution in [2.24, 2.45) is 0 Å². The Hall–Kier alpha value is -2.59. The minimum absolute atomic E-state index is 0.0394. The number of benzene rings is 3. The second kappa shape index (κ2) is 8.19. The predicted octanol–water partition coefficient (Wildman–Crippen LogP) is 6.06. The molecule has 4 rings (SSSR count). The highest BCUT2D eigenvalue weighted by atomic mass is 35.5. The number of hydrogen-bond acceptors (Lipinski definition) is 3. The molecule has 0 spiro atoms. The highest BCUT2D eigenvalue weighted by Gasteiger charge is 2.07. The van der Waals surface area contributed by atoms with Gasteiger partial charge >= 0.3 is 0 Å². The van der Waals surface area contributed by atoms with Crippen molar-refractivity contribution >= 4 is 34.2 Å². The minimum atomic E-state index is -0.0394. The lowest BCUT2D eigenvalue weighted by Gasteiger charge is -2.08. The first-order valence-electron chi connectivity index (χ1n) is 8.87. The van der Waals surface area contributed by atoms with E-state index in [9.17, 15) is 4.79 Å². The van der Waals surface area contributed by atoms with Crippen LogP contribution in [0.4, 0.5) is 0 Å². The van der Waals surface area contributed by atoms with Crippen molar-refractivity contribution in [3.63, 3.8) is 0 Å². The van der Waals surface area contributed by atoms with Crippen molar-refractivity contribution in [3.8, 4) is 11.3 Å². The fourth-order valence-corrected chi connectivity index (χ4v) is 3.51. The molecule has 0 saturated heterocycles. The van der Waals surface area contributed by atoms with Crippen LogP contribution in [0.25, 0.3) is 22.3 Å². The maximum Gasteiger partial charge on any atom is 0.193 e. The summed E-state index contributed by atoms with van der Waals surface area (Å²) in [6.45, 7) is 1.35. The molecule has 0 amide bonds. The molecular formula is C23H17Cl2NO2. The summed E-state index contributed by atoms with van der Waals surface area (Å²) in [7, 11) is 0. The van der Waals surface area contributed by atoms with Crippen molar-refractivity contribution in [3.05, 3.63) is 104 Å². The molecule has 0 unspecified atom stereocenters. The lowest BCUT2D eigenvalue weighted by Crippen LogP contribution is -2.12. The van der Waals surface area contributed by atoms with E-state index in [4.69, 9.17) is 27.6 Å². The SMILES string of the molecule is O=c1cc(-c2ccc(CNCc3ccc(Cl)cc3Cl)cc2)oc2ccccc12. The first kappa shape index (κ1) is 18.8. The Morgan fingerprint density at radius 1 is 0.857 bits per heavy atom. The number of fused-ring (bicyclic) bond motifs is 1. The van der Waals surface area contributed by atoms with Crippen LogP contribution in [0.1, 0.15) is 11.1 Å². The van der Waals surface area contributed by atoms with Gasteiger partial charge in [0.15, 0.2) is 5.43 Å². The molecule has 0 bridgehead atoms. The van der Waals surface area contributed by atoms with Gasteiger partial charge in [-0.3, -0.25) is 4.79 Å². The van der Waals surface area contributed by atoms with Gasteiger partial charge in [-0.1, -0.05) is 65.7 Å². The number of halogens is 2. The lowest BCUT2D eigenvalue weighted by atomic mass is 10.1. The molecule has 0 fully saturated rings. The molecule has 140 valence electrons. The largest absolute Gasteiger partial charge is 0.456 e. The number of nitrogens with one attached hydrogen (secondary N) is 1.